The molecule has 0 bridgehead atoms. The van der Waals surface area contributed by atoms with E-state index in [2.05, 4.69) is 47.1 Å². The number of rotatable bonds is 5. The van der Waals surface area contributed by atoms with Crippen LogP contribution in [0.3, 0.4) is 0 Å². The Bertz CT molecular complexity index is 861. The summed E-state index contributed by atoms with van der Waals surface area (Å²) in [5, 5.41) is 0. The Hall–Kier alpha value is -2.43. The van der Waals surface area contributed by atoms with Crippen molar-refractivity contribution in [2.24, 2.45) is 5.92 Å². The van der Waals surface area contributed by atoms with E-state index in [1.54, 1.807) is 0 Å². The SMILES string of the molecule is CCc1nc(C)nc(N2CCCN(C(=O)C3CCCC3)CC2)c1Cc1ccccc1. The number of carbonyl (C=O) groups excluding carboxylic acids is 1. The van der Waals surface area contributed by atoms with Crippen molar-refractivity contribution in [3.8, 4) is 0 Å². The summed E-state index contributed by atoms with van der Waals surface area (Å²) in [6.07, 6.45) is 7.31. The van der Waals surface area contributed by atoms with Gasteiger partial charge in [0.05, 0.1) is 0 Å². The van der Waals surface area contributed by atoms with Crippen LogP contribution in [0.4, 0.5) is 5.82 Å². The van der Waals surface area contributed by atoms with Crippen LogP contribution in [0.2, 0.25) is 0 Å². The number of hydrogen-bond acceptors (Lipinski definition) is 4. The summed E-state index contributed by atoms with van der Waals surface area (Å²) < 4.78 is 0. The average Bonchev–Trinajstić information content (AvgIpc) is 3.20. The molecule has 1 aliphatic carbocycles. The number of hydrogen-bond donors (Lipinski definition) is 0. The van der Waals surface area contributed by atoms with Gasteiger partial charge in [-0.2, -0.15) is 0 Å². The Labute approximate surface area is 180 Å². The molecule has 0 unspecified atom stereocenters. The van der Waals surface area contributed by atoms with Gasteiger partial charge in [-0.25, -0.2) is 9.97 Å². The second kappa shape index (κ2) is 9.59. The molecule has 160 valence electrons. The first-order valence-electron chi connectivity index (χ1n) is 11.6. The lowest BCUT2D eigenvalue weighted by Gasteiger charge is -2.27. The molecule has 2 heterocycles. The quantitative estimate of drug-likeness (QED) is 0.748. The third-order valence-electron chi connectivity index (χ3n) is 6.55. The predicted octanol–water partition coefficient (Wildman–Crippen LogP) is 4.17. The smallest absolute Gasteiger partial charge is 0.225 e. The molecule has 1 aromatic carbocycles. The lowest BCUT2D eigenvalue weighted by Crippen LogP contribution is -2.38. The van der Waals surface area contributed by atoms with E-state index < -0.39 is 0 Å². The van der Waals surface area contributed by atoms with Crippen LogP contribution in [0, 0.1) is 12.8 Å². The largest absolute Gasteiger partial charge is 0.354 e. The van der Waals surface area contributed by atoms with Gasteiger partial charge in [0.15, 0.2) is 0 Å². The maximum Gasteiger partial charge on any atom is 0.225 e. The van der Waals surface area contributed by atoms with Gasteiger partial charge in [0.1, 0.15) is 11.6 Å². The summed E-state index contributed by atoms with van der Waals surface area (Å²) >= 11 is 0. The fraction of sp³-hybridized carbons (Fsp3) is 0.560. The van der Waals surface area contributed by atoms with Crippen LogP contribution < -0.4 is 4.90 Å². The van der Waals surface area contributed by atoms with Crippen molar-refractivity contribution in [1.29, 1.82) is 0 Å². The zero-order valence-corrected chi connectivity index (χ0v) is 18.4. The molecule has 0 radical (unpaired) electrons. The molecule has 0 atom stereocenters. The highest BCUT2D eigenvalue weighted by Gasteiger charge is 2.29. The van der Waals surface area contributed by atoms with Crippen LogP contribution in [0.15, 0.2) is 30.3 Å². The Balaban J connectivity index is 1.56. The van der Waals surface area contributed by atoms with Gasteiger partial charge in [-0.05, 0) is 38.2 Å². The Morgan fingerprint density at radius 1 is 1.00 bits per heavy atom. The molecule has 2 aromatic rings. The second-order valence-corrected chi connectivity index (χ2v) is 8.68. The van der Waals surface area contributed by atoms with Gasteiger partial charge >= 0.3 is 0 Å². The van der Waals surface area contributed by atoms with Gasteiger partial charge in [0.25, 0.3) is 0 Å². The van der Waals surface area contributed by atoms with E-state index in [1.807, 2.05) is 6.92 Å². The fourth-order valence-corrected chi connectivity index (χ4v) is 4.95. The van der Waals surface area contributed by atoms with E-state index in [0.717, 1.165) is 75.6 Å². The standard InChI is InChI=1S/C25H34N4O/c1-3-23-22(18-20-10-5-4-6-11-20)24(27-19(2)26-23)28-14-9-15-29(17-16-28)25(30)21-12-7-8-13-21/h4-6,10-11,21H,3,7-9,12-18H2,1-2H3. The maximum absolute atomic E-state index is 12.9. The molecule has 1 aliphatic heterocycles. The highest BCUT2D eigenvalue weighted by atomic mass is 16.2. The van der Waals surface area contributed by atoms with Crippen LogP contribution >= 0.6 is 0 Å². The van der Waals surface area contributed by atoms with E-state index in [9.17, 15) is 4.79 Å². The third kappa shape index (κ3) is 4.66. The molecule has 0 N–H and O–H groups in total. The minimum atomic E-state index is 0.262. The number of benzene rings is 1. The molecule has 1 aromatic heterocycles. The lowest BCUT2D eigenvalue weighted by molar-refractivity contribution is -0.135. The lowest BCUT2D eigenvalue weighted by atomic mass is 10.0. The van der Waals surface area contributed by atoms with Gasteiger partial charge in [-0.15, -0.1) is 0 Å². The van der Waals surface area contributed by atoms with E-state index >= 15 is 0 Å². The van der Waals surface area contributed by atoms with E-state index in [-0.39, 0.29) is 5.92 Å². The van der Waals surface area contributed by atoms with Gasteiger partial charge in [0, 0.05) is 49.8 Å². The topological polar surface area (TPSA) is 49.3 Å². The van der Waals surface area contributed by atoms with Gasteiger partial charge < -0.3 is 9.80 Å². The molecule has 2 aliphatic rings. The van der Waals surface area contributed by atoms with Crippen molar-refractivity contribution in [2.75, 3.05) is 31.1 Å². The van der Waals surface area contributed by atoms with E-state index in [4.69, 9.17) is 9.97 Å². The molecule has 5 heteroatoms. The number of aromatic nitrogens is 2. The van der Waals surface area contributed by atoms with Crippen LogP contribution in [-0.4, -0.2) is 47.0 Å². The van der Waals surface area contributed by atoms with Crippen molar-refractivity contribution in [1.82, 2.24) is 14.9 Å². The van der Waals surface area contributed by atoms with Crippen LogP contribution in [0.1, 0.15) is 61.7 Å². The molecule has 4 rings (SSSR count). The molecule has 0 spiro atoms. The van der Waals surface area contributed by atoms with Crippen LogP contribution in [-0.2, 0) is 17.6 Å². The fourth-order valence-electron chi connectivity index (χ4n) is 4.95. The zero-order valence-electron chi connectivity index (χ0n) is 18.4. The van der Waals surface area contributed by atoms with Gasteiger partial charge in [0.2, 0.25) is 5.91 Å². The number of anilines is 1. The minimum Gasteiger partial charge on any atom is -0.354 e. The predicted molar refractivity (Wildman–Crippen MR) is 121 cm³/mol. The van der Waals surface area contributed by atoms with Crippen molar-refractivity contribution >= 4 is 11.7 Å². The van der Waals surface area contributed by atoms with Crippen molar-refractivity contribution in [3.05, 3.63) is 53.0 Å². The molecular weight excluding hydrogens is 372 g/mol. The van der Waals surface area contributed by atoms with E-state index in [0.29, 0.717) is 5.91 Å². The Kier molecular flexibility index (Phi) is 6.66. The first-order valence-corrected chi connectivity index (χ1v) is 11.6. The van der Waals surface area contributed by atoms with Crippen molar-refractivity contribution < 1.29 is 4.79 Å². The molecule has 30 heavy (non-hydrogen) atoms. The monoisotopic (exact) mass is 406 g/mol. The highest BCUT2D eigenvalue weighted by Crippen LogP contribution is 2.29. The van der Waals surface area contributed by atoms with Gasteiger partial charge in [-0.3, -0.25) is 4.79 Å². The normalized spacial score (nSPS) is 17.9. The summed E-state index contributed by atoms with van der Waals surface area (Å²) in [5.41, 5.74) is 3.67. The number of carbonyl (C=O) groups is 1. The molecule has 2 fully saturated rings. The molecule has 5 nitrogen and oxygen atoms in total. The summed E-state index contributed by atoms with van der Waals surface area (Å²) in [7, 11) is 0. The minimum absolute atomic E-state index is 0.262. The summed E-state index contributed by atoms with van der Waals surface area (Å²) in [6, 6.07) is 10.6. The van der Waals surface area contributed by atoms with Crippen LogP contribution in [0.25, 0.3) is 0 Å². The highest BCUT2D eigenvalue weighted by molar-refractivity contribution is 5.79. The summed E-state index contributed by atoms with van der Waals surface area (Å²) in [5.74, 6) is 2.55. The zero-order chi connectivity index (χ0) is 20.9. The maximum atomic E-state index is 12.9. The first kappa shape index (κ1) is 20.8. The Morgan fingerprint density at radius 3 is 2.50 bits per heavy atom. The average molecular weight is 407 g/mol. The first-order chi connectivity index (χ1) is 14.7. The van der Waals surface area contributed by atoms with Crippen molar-refractivity contribution in [3.63, 3.8) is 0 Å². The Morgan fingerprint density at radius 2 is 1.77 bits per heavy atom. The third-order valence-corrected chi connectivity index (χ3v) is 6.55. The number of aryl methyl sites for hydroxylation is 2. The number of nitrogens with zero attached hydrogens (tertiary/aromatic N) is 4. The molecule has 1 amide bonds. The molecule has 1 saturated heterocycles. The molecule has 1 saturated carbocycles. The summed E-state index contributed by atoms with van der Waals surface area (Å²) in [6.45, 7) is 7.61. The van der Waals surface area contributed by atoms with Gasteiger partial charge in [-0.1, -0.05) is 50.1 Å². The van der Waals surface area contributed by atoms with Crippen molar-refractivity contribution in [2.45, 2.75) is 58.8 Å². The number of amides is 1. The van der Waals surface area contributed by atoms with Crippen LogP contribution in [0.5, 0.6) is 0 Å². The van der Waals surface area contributed by atoms with E-state index in [1.165, 1.54) is 24.0 Å². The second-order valence-electron chi connectivity index (χ2n) is 8.68. The molecular formula is C25H34N4O. The summed E-state index contributed by atoms with van der Waals surface area (Å²) in [4.78, 5) is 27.1.